The second kappa shape index (κ2) is 7.38. The van der Waals surface area contributed by atoms with Gasteiger partial charge in [0.1, 0.15) is 5.82 Å². The van der Waals surface area contributed by atoms with Crippen LogP contribution in [0.15, 0.2) is 18.3 Å². The van der Waals surface area contributed by atoms with Gasteiger partial charge < -0.3 is 19.6 Å². The molecule has 0 spiro atoms. The molecular weight excluding hydrogens is 358 g/mol. The fourth-order valence-corrected chi connectivity index (χ4v) is 3.93. The zero-order valence-corrected chi connectivity index (χ0v) is 16.7. The highest BCUT2D eigenvalue weighted by molar-refractivity contribution is 5.94. The summed E-state index contributed by atoms with van der Waals surface area (Å²) in [4.78, 5) is 32.7. The Hall–Kier alpha value is -2.68. The van der Waals surface area contributed by atoms with Gasteiger partial charge in [0.2, 0.25) is 0 Å². The first kappa shape index (κ1) is 18.7. The summed E-state index contributed by atoms with van der Waals surface area (Å²) in [5.41, 5.74) is 1.37. The molecule has 9 nitrogen and oxygen atoms in total. The summed E-state index contributed by atoms with van der Waals surface area (Å²) in [7, 11) is 5.60. The number of amides is 3. The summed E-state index contributed by atoms with van der Waals surface area (Å²) in [6.07, 6.45) is 2.69. The summed E-state index contributed by atoms with van der Waals surface area (Å²) in [6.45, 7) is 4.59. The Bertz CT molecular complexity index is 886. The van der Waals surface area contributed by atoms with Gasteiger partial charge in [-0.2, -0.15) is 0 Å². The van der Waals surface area contributed by atoms with Crippen LogP contribution in [0.5, 0.6) is 0 Å². The zero-order valence-electron chi connectivity index (χ0n) is 16.7. The first-order valence-electron chi connectivity index (χ1n) is 9.73. The van der Waals surface area contributed by atoms with Crippen molar-refractivity contribution in [3.63, 3.8) is 0 Å². The van der Waals surface area contributed by atoms with Gasteiger partial charge in [-0.1, -0.05) is 0 Å². The summed E-state index contributed by atoms with van der Waals surface area (Å²) < 4.78 is 1.91. The number of piperazine rings is 1. The van der Waals surface area contributed by atoms with Crippen molar-refractivity contribution in [1.82, 2.24) is 34.2 Å². The molecule has 2 fully saturated rings. The molecule has 2 aliphatic heterocycles. The molecule has 28 heavy (non-hydrogen) atoms. The van der Waals surface area contributed by atoms with E-state index in [0.717, 1.165) is 44.1 Å². The number of carbonyl (C=O) groups is 2. The smallest absolute Gasteiger partial charge is 0.319 e. The fraction of sp³-hybridized carbons (Fsp3) is 0.579. The number of hydrogen-bond acceptors (Lipinski definition) is 5. The van der Waals surface area contributed by atoms with Crippen LogP contribution in [0.2, 0.25) is 0 Å². The van der Waals surface area contributed by atoms with E-state index in [9.17, 15) is 9.59 Å². The highest BCUT2D eigenvalue weighted by Gasteiger charge is 2.31. The van der Waals surface area contributed by atoms with Crippen LogP contribution in [0.1, 0.15) is 28.5 Å². The second-order valence-corrected chi connectivity index (χ2v) is 7.91. The Morgan fingerprint density at radius 2 is 1.79 bits per heavy atom. The number of fused-ring (bicyclic) bond motifs is 1. The van der Waals surface area contributed by atoms with Crippen LogP contribution in [0.25, 0.3) is 5.65 Å². The predicted molar refractivity (Wildman–Crippen MR) is 104 cm³/mol. The van der Waals surface area contributed by atoms with Crippen molar-refractivity contribution >= 4 is 17.6 Å². The molecular formula is C19H27N7O2. The van der Waals surface area contributed by atoms with Gasteiger partial charge in [-0.15, -0.1) is 10.2 Å². The average molecular weight is 385 g/mol. The van der Waals surface area contributed by atoms with Crippen molar-refractivity contribution in [2.75, 3.05) is 60.4 Å². The highest BCUT2D eigenvalue weighted by atomic mass is 16.2. The molecule has 0 radical (unpaired) electrons. The van der Waals surface area contributed by atoms with E-state index in [-0.39, 0.29) is 17.9 Å². The number of likely N-dealkylation sites (N-methyl/N-ethyl adjacent to an activating group) is 1. The number of pyridine rings is 1. The number of likely N-dealkylation sites (tertiary alicyclic amines) is 1. The van der Waals surface area contributed by atoms with Crippen LogP contribution < -0.4 is 0 Å². The van der Waals surface area contributed by atoms with Gasteiger partial charge >= 0.3 is 6.03 Å². The summed E-state index contributed by atoms with van der Waals surface area (Å²) in [5.74, 6) is 0.982. The van der Waals surface area contributed by atoms with Crippen molar-refractivity contribution in [3.8, 4) is 0 Å². The minimum atomic E-state index is 0.0160. The quantitative estimate of drug-likeness (QED) is 0.756. The summed E-state index contributed by atoms with van der Waals surface area (Å²) in [6, 6.07) is 3.69. The minimum absolute atomic E-state index is 0.0160. The Labute approximate surface area is 164 Å². The van der Waals surface area contributed by atoms with E-state index in [2.05, 4.69) is 22.1 Å². The van der Waals surface area contributed by atoms with E-state index >= 15 is 0 Å². The lowest BCUT2D eigenvalue weighted by atomic mass is 10.1. The highest BCUT2D eigenvalue weighted by Crippen LogP contribution is 2.27. The van der Waals surface area contributed by atoms with E-state index in [4.69, 9.17) is 0 Å². The van der Waals surface area contributed by atoms with Gasteiger partial charge in [0.25, 0.3) is 5.91 Å². The van der Waals surface area contributed by atoms with E-state index in [1.807, 2.05) is 32.5 Å². The lowest BCUT2D eigenvalue weighted by molar-refractivity contribution is 0.0663. The first-order chi connectivity index (χ1) is 13.4. The normalized spacial score (nSPS) is 20.8. The van der Waals surface area contributed by atoms with Crippen molar-refractivity contribution in [2.24, 2.45) is 0 Å². The molecule has 2 aromatic heterocycles. The molecule has 0 aromatic carbocycles. The lowest BCUT2D eigenvalue weighted by Crippen LogP contribution is -2.47. The van der Waals surface area contributed by atoms with Gasteiger partial charge in [0.15, 0.2) is 5.65 Å². The van der Waals surface area contributed by atoms with Crippen LogP contribution in [-0.2, 0) is 0 Å². The molecule has 2 saturated heterocycles. The van der Waals surface area contributed by atoms with Gasteiger partial charge in [-0.25, -0.2) is 4.79 Å². The molecule has 2 aliphatic rings. The molecule has 4 heterocycles. The largest absolute Gasteiger partial charge is 0.336 e. The molecule has 0 saturated carbocycles. The molecule has 9 heteroatoms. The number of urea groups is 1. The maximum absolute atomic E-state index is 12.9. The SMILES string of the molecule is CN1CCN(C(=O)c2ccc3nnc(C4CCN(C(=O)N(C)C)C4)n3c2)CC1. The van der Waals surface area contributed by atoms with E-state index in [1.165, 1.54) is 0 Å². The van der Waals surface area contributed by atoms with E-state index in [1.54, 1.807) is 19.0 Å². The van der Waals surface area contributed by atoms with Crippen LogP contribution in [-0.4, -0.2) is 107 Å². The number of carbonyl (C=O) groups excluding carboxylic acids is 2. The molecule has 150 valence electrons. The third kappa shape index (κ3) is 3.42. The summed E-state index contributed by atoms with van der Waals surface area (Å²) >= 11 is 0. The van der Waals surface area contributed by atoms with Crippen molar-refractivity contribution < 1.29 is 9.59 Å². The third-order valence-corrected chi connectivity index (χ3v) is 5.67. The number of aromatic nitrogens is 3. The van der Waals surface area contributed by atoms with Gasteiger partial charge in [0, 0.05) is 65.5 Å². The number of hydrogen-bond donors (Lipinski definition) is 0. The predicted octanol–water partition coefficient (Wildman–Crippen LogP) is 0.588. The van der Waals surface area contributed by atoms with Crippen molar-refractivity contribution in [2.45, 2.75) is 12.3 Å². The maximum Gasteiger partial charge on any atom is 0.319 e. The van der Waals surface area contributed by atoms with Crippen molar-refractivity contribution in [1.29, 1.82) is 0 Å². The minimum Gasteiger partial charge on any atom is -0.336 e. The number of nitrogens with zero attached hydrogens (tertiary/aromatic N) is 7. The van der Waals surface area contributed by atoms with Gasteiger partial charge in [-0.3, -0.25) is 9.20 Å². The first-order valence-corrected chi connectivity index (χ1v) is 9.73. The fourth-order valence-electron chi connectivity index (χ4n) is 3.93. The van der Waals surface area contributed by atoms with Crippen molar-refractivity contribution in [3.05, 3.63) is 29.7 Å². The molecule has 0 bridgehead atoms. The standard InChI is InChI=1S/C19H27N7O2/c1-22(2)19(28)25-7-6-14(12-25)17-21-20-16-5-4-15(13-26(16)17)18(27)24-10-8-23(3)9-11-24/h4-5,13-14H,6-12H2,1-3H3. The average Bonchev–Trinajstić information content (AvgIpc) is 3.33. The Kier molecular flexibility index (Phi) is 4.92. The third-order valence-electron chi connectivity index (χ3n) is 5.67. The van der Waals surface area contributed by atoms with Gasteiger partial charge in [0.05, 0.1) is 5.56 Å². The monoisotopic (exact) mass is 385 g/mol. The second-order valence-electron chi connectivity index (χ2n) is 7.91. The maximum atomic E-state index is 12.9. The van der Waals surface area contributed by atoms with Crippen LogP contribution in [0.3, 0.4) is 0 Å². The molecule has 4 rings (SSSR count). The lowest BCUT2D eigenvalue weighted by Gasteiger charge is -2.32. The van der Waals surface area contributed by atoms with Crippen LogP contribution >= 0.6 is 0 Å². The molecule has 3 amide bonds. The number of rotatable bonds is 2. The summed E-state index contributed by atoms with van der Waals surface area (Å²) in [5, 5.41) is 8.63. The Morgan fingerprint density at radius 3 is 2.50 bits per heavy atom. The van der Waals surface area contributed by atoms with Crippen LogP contribution in [0.4, 0.5) is 4.79 Å². The molecule has 1 unspecified atom stereocenters. The van der Waals surface area contributed by atoms with E-state index in [0.29, 0.717) is 18.7 Å². The molecule has 0 N–H and O–H groups in total. The zero-order chi connectivity index (χ0) is 19.8. The van der Waals surface area contributed by atoms with Gasteiger partial charge in [-0.05, 0) is 25.6 Å². The molecule has 1 atom stereocenters. The Balaban J connectivity index is 1.55. The Morgan fingerprint density at radius 1 is 1.04 bits per heavy atom. The van der Waals surface area contributed by atoms with Crippen LogP contribution in [0, 0.1) is 0 Å². The molecule has 2 aromatic rings. The van der Waals surface area contributed by atoms with E-state index < -0.39 is 0 Å². The molecule has 0 aliphatic carbocycles. The topological polar surface area (TPSA) is 77.3 Å².